The second-order valence-electron chi connectivity index (χ2n) is 5.74. The number of carbonyl (C=O) groups is 2. The van der Waals surface area contributed by atoms with Gasteiger partial charge in [-0.15, -0.1) is 0 Å². The SMILES string of the molecule is CCCCNC(=O)C1CCCN(C(=O)c2ccc(Cl)cc2)C1. The van der Waals surface area contributed by atoms with Gasteiger partial charge in [0.15, 0.2) is 0 Å². The van der Waals surface area contributed by atoms with E-state index in [0.29, 0.717) is 23.7 Å². The molecule has 0 aromatic heterocycles. The van der Waals surface area contributed by atoms with Crippen molar-refractivity contribution in [2.24, 2.45) is 5.92 Å². The maximum absolute atomic E-state index is 12.5. The number of hydrogen-bond donors (Lipinski definition) is 1. The van der Waals surface area contributed by atoms with E-state index in [1.54, 1.807) is 29.2 Å². The molecule has 120 valence electrons. The molecule has 1 aromatic rings. The number of piperidine rings is 1. The molecule has 1 unspecified atom stereocenters. The summed E-state index contributed by atoms with van der Waals surface area (Å²) >= 11 is 5.85. The number of benzene rings is 1. The molecule has 1 atom stereocenters. The molecular formula is C17H23ClN2O2. The molecule has 1 aliphatic rings. The molecule has 0 aliphatic carbocycles. The van der Waals surface area contributed by atoms with Crippen molar-refractivity contribution >= 4 is 23.4 Å². The van der Waals surface area contributed by atoms with Crippen LogP contribution in [0.3, 0.4) is 0 Å². The molecule has 1 fully saturated rings. The van der Waals surface area contributed by atoms with Crippen LogP contribution in [0.4, 0.5) is 0 Å². The van der Waals surface area contributed by atoms with Gasteiger partial charge in [-0.3, -0.25) is 9.59 Å². The first-order chi connectivity index (χ1) is 10.6. The number of amides is 2. The zero-order valence-corrected chi connectivity index (χ0v) is 13.7. The number of rotatable bonds is 5. The van der Waals surface area contributed by atoms with Crippen molar-refractivity contribution in [1.29, 1.82) is 0 Å². The summed E-state index contributed by atoms with van der Waals surface area (Å²) in [5.74, 6) is -0.0494. The Bertz CT molecular complexity index is 516. The fraction of sp³-hybridized carbons (Fsp3) is 0.529. The summed E-state index contributed by atoms with van der Waals surface area (Å²) in [6.07, 6.45) is 3.77. The van der Waals surface area contributed by atoms with Gasteiger partial charge in [0.2, 0.25) is 5.91 Å². The van der Waals surface area contributed by atoms with Gasteiger partial charge in [0.25, 0.3) is 5.91 Å². The van der Waals surface area contributed by atoms with E-state index < -0.39 is 0 Å². The quantitative estimate of drug-likeness (QED) is 0.847. The lowest BCUT2D eigenvalue weighted by Crippen LogP contribution is -2.45. The van der Waals surface area contributed by atoms with Crippen LogP contribution in [-0.2, 0) is 4.79 Å². The van der Waals surface area contributed by atoms with Gasteiger partial charge >= 0.3 is 0 Å². The summed E-state index contributed by atoms with van der Waals surface area (Å²) in [6, 6.07) is 6.90. The molecule has 4 nitrogen and oxygen atoms in total. The van der Waals surface area contributed by atoms with Gasteiger partial charge in [-0.05, 0) is 43.5 Å². The molecule has 0 bridgehead atoms. The third-order valence-electron chi connectivity index (χ3n) is 4.00. The number of nitrogens with one attached hydrogen (secondary N) is 1. The predicted octanol–water partition coefficient (Wildman–Crippen LogP) is 3.11. The summed E-state index contributed by atoms with van der Waals surface area (Å²) in [5, 5.41) is 3.58. The highest BCUT2D eigenvalue weighted by atomic mass is 35.5. The van der Waals surface area contributed by atoms with Crippen molar-refractivity contribution in [2.75, 3.05) is 19.6 Å². The third-order valence-corrected chi connectivity index (χ3v) is 4.25. The molecule has 1 aromatic carbocycles. The summed E-state index contributed by atoms with van der Waals surface area (Å²) in [4.78, 5) is 26.4. The van der Waals surface area contributed by atoms with E-state index in [1.807, 2.05) is 0 Å². The minimum atomic E-state index is -0.0955. The van der Waals surface area contributed by atoms with Crippen LogP contribution >= 0.6 is 11.6 Å². The minimum Gasteiger partial charge on any atom is -0.356 e. The van der Waals surface area contributed by atoms with Gasteiger partial charge in [0.1, 0.15) is 0 Å². The summed E-state index contributed by atoms with van der Waals surface area (Å²) in [6.45, 7) is 4.02. The first-order valence-electron chi connectivity index (χ1n) is 7.94. The Balaban J connectivity index is 1.93. The van der Waals surface area contributed by atoms with Gasteiger partial charge in [0.05, 0.1) is 5.92 Å². The van der Waals surface area contributed by atoms with E-state index in [1.165, 1.54) is 0 Å². The molecule has 1 saturated heterocycles. The van der Waals surface area contributed by atoms with Crippen LogP contribution in [0.1, 0.15) is 43.0 Å². The highest BCUT2D eigenvalue weighted by Crippen LogP contribution is 2.19. The number of nitrogens with zero attached hydrogens (tertiary/aromatic N) is 1. The topological polar surface area (TPSA) is 49.4 Å². The lowest BCUT2D eigenvalue weighted by Gasteiger charge is -2.32. The van der Waals surface area contributed by atoms with E-state index in [9.17, 15) is 9.59 Å². The van der Waals surface area contributed by atoms with E-state index in [-0.39, 0.29) is 17.7 Å². The third kappa shape index (κ3) is 4.47. The monoisotopic (exact) mass is 322 g/mol. The Kier molecular flexibility index (Phi) is 6.25. The van der Waals surface area contributed by atoms with Crippen LogP contribution in [0.25, 0.3) is 0 Å². The summed E-state index contributed by atoms with van der Waals surface area (Å²) in [5.41, 5.74) is 0.622. The fourth-order valence-electron chi connectivity index (χ4n) is 2.68. The van der Waals surface area contributed by atoms with Crippen LogP contribution in [0.15, 0.2) is 24.3 Å². The molecule has 2 amide bonds. The number of likely N-dealkylation sites (tertiary alicyclic amines) is 1. The zero-order valence-electron chi connectivity index (χ0n) is 13.0. The molecule has 0 saturated carbocycles. The van der Waals surface area contributed by atoms with Gasteiger partial charge in [-0.2, -0.15) is 0 Å². The molecule has 5 heteroatoms. The Morgan fingerprint density at radius 2 is 2.05 bits per heavy atom. The van der Waals surface area contributed by atoms with E-state index in [2.05, 4.69) is 12.2 Å². The average Bonchev–Trinajstić information content (AvgIpc) is 2.55. The number of carbonyl (C=O) groups excluding carboxylic acids is 2. The van der Waals surface area contributed by atoms with Crippen LogP contribution in [0.2, 0.25) is 5.02 Å². The van der Waals surface area contributed by atoms with Crippen LogP contribution < -0.4 is 5.32 Å². The first-order valence-corrected chi connectivity index (χ1v) is 8.32. The molecule has 0 spiro atoms. The Morgan fingerprint density at radius 1 is 1.32 bits per heavy atom. The maximum atomic E-state index is 12.5. The molecule has 1 heterocycles. The number of halogens is 1. The lowest BCUT2D eigenvalue weighted by atomic mass is 9.96. The van der Waals surface area contributed by atoms with Crippen LogP contribution in [0.5, 0.6) is 0 Å². The van der Waals surface area contributed by atoms with Crippen molar-refractivity contribution in [2.45, 2.75) is 32.6 Å². The van der Waals surface area contributed by atoms with Gasteiger partial charge in [-0.25, -0.2) is 0 Å². The zero-order chi connectivity index (χ0) is 15.9. The second-order valence-corrected chi connectivity index (χ2v) is 6.18. The first kappa shape index (κ1) is 16.8. The molecular weight excluding hydrogens is 300 g/mol. The van der Waals surface area contributed by atoms with Crippen LogP contribution in [-0.4, -0.2) is 36.3 Å². The van der Waals surface area contributed by atoms with E-state index in [4.69, 9.17) is 11.6 Å². The van der Waals surface area contributed by atoms with Gasteiger partial charge < -0.3 is 10.2 Å². The number of unbranched alkanes of at least 4 members (excludes halogenated alkanes) is 1. The van der Waals surface area contributed by atoms with E-state index in [0.717, 1.165) is 32.2 Å². The summed E-state index contributed by atoms with van der Waals surface area (Å²) < 4.78 is 0. The second kappa shape index (κ2) is 8.18. The normalized spacial score (nSPS) is 18.1. The lowest BCUT2D eigenvalue weighted by molar-refractivity contribution is -0.126. The van der Waals surface area contributed by atoms with Crippen molar-refractivity contribution in [3.63, 3.8) is 0 Å². The highest BCUT2D eigenvalue weighted by molar-refractivity contribution is 6.30. The molecule has 2 rings (SSSR count). The Hall–Kier alpha value is -1.55. The smallest absolute Gasteiger partial charge is 0.253 e. The molecule has 1 N–H and O–H groups in total. The standard InChI is InChI=1S/C17H23ClN2O2/c1-2-3-10-19-16(21)14-5-4-11-20(12-14)17(22)13-6-8-15(18)9-7-13/h6-9,14H,2-5,10-12H2,1H3,(H,19,21). The number of hydrogen-bond acceptors (Lipinski definition) is 2. The Morgan fingerprint density at radius 3 is 2.73 bits per heavy atom. The van der Waals surface area contributed by atoms with Crippen molar-refractivity contribution in [3.8, 4) is 0 Å². The molecule has 22 heavy (non-hydrogen) atoms. The molecule has 1 aliphatic heterocycles. The predicted molar refractivity (Wildman–Crippen MR) is 88.0 cm³/mol. The largest absolute Gasteiger partial charge is 0.356 e. The Labute approximate surface area is 136 Å². The maximum Gasteiger partial charge on any atom is 0.253 e. The fourth-order valence-corrected chi connectivity index (χ4v) is 2.81. The van der Waals surface area contributed by atoms with Crippen molar-refractivity contribution in [1.82, 2.24) is 10.2 Å². The molecule has 0 radical (unpaired) electrons. The average molecular weight is 323 g/mol. The van der Waals surface area contributed by atoms with Gasteiger partial charge in [-0.1, -0.05) is 24.9 Å². The van der Waals surface area contributed by atoms with Crippen LogP contribution in [0, 0.1) is 5.92 Å². The van der Waals surface area contributed by atoms with E-state index >= 15 is 0 Å². The van der Waals surface area contributed by atoms with Crippen molar-refractivity contribution in [3.05, 3.63) is 34.9 Å². The highest BCUT2D eigenvalue weighted by Gasteiger charge is 2.28. The minimum absolute atomic E-state index is 0.0253. The van der Waals surface area contributed by atoms with Gasteiger partial charge in [0, 0.05) is 30.2 Å². The summed E-state index contributed by atoms with van der Waals surface area (Å²) in [7, 11) is 0. The van der Waals surface area contributed by atoms with Crippen molar-refractivity contribution < 1.29 is 9.59 Å².